The number of aliphatic hydroxyl groups excluding tert-OH is 1. The first-order chi connectivity index (χ1) is 13.0. The maximum Gasteiger partial charge on any atom is 0.122 e. The van der Waals surface area contributed by atoms with Gasteiger partial charge in [-0.1, -0.05) is 12.1 Å². The maximum atomic E-state index is 9.21. The molecule has 0 aliphatic heterocycles. The number of aryl methyl sites for hydroxylation is 6. The van der Waals surface area contributed by atoms with Crippen molar-refractivity contribution in [1.82, 2.24) is 9.55 Å². The predicted molar refractivity (Wildman–Crippen MR) is 111 cm³/mol. The largest absolute Gasteiger partial charge is 0.493 e. The van der Waals surface area contributed by atoms with Crippen molar-refractivity contribution in [2.24, 2.45) is 0 Å². The average Bonchev–Trinajstić information content (AvgIpc) is 2.96. The second-order valence-corrected chi connectivity index (χ2v) is 7.40. The third-order valence-corrected chi connectivity index (χ3v) is 5.13. The van der Waals surface area contributed by atoms with Crippen LogP contribution in [0.15, 0.2) is 30.3 Å². The smallest absolute Gasteiger partial charge is 0.122 e. The number of benzene rings is 2. The van der Waals surface area contributed by atoms with Gasteiger partial charge in [-0.25, -0.2) is 4.98 Å². The van der Waals surface area contributed by atoms with E-state index in [2.05, 4.69) is 62.6 Å². The highest BCUT2D eigenvalue weighted by molar-refractivity contribution is 5.78. The molecule has 144 valence electrons. The number of rotatable bonds is 8. The molecule has 0 aliphatic carbocycles. The first-order valence-corrected chi connectivity index (χ1v) is 9.77. The molecule has 3 rings (SSSR count). The van der Waals surface area contributed by atoms with Crippen LogP contribution in [0.1, 0.15) is 40.9 Å². The summed E-state index contributed by atoms with van der Waals surface area (Å²) in [6.45, 7) is 10.2. The summed E-state index contributed by atoms with van der Waals surface area (Å²) in [7, 11) is 0. The summed E-state index contributed by atoms with van der Waals surface area (Å²) in [6, 6.07) is 10.7. The Morgan fingerprint density at radius 3 is 2.52 bits per heavy atom. The van der Waals surface area contributed by atoms with E-state index in [9.17, 15) is 5.11 Å². The zero-order chi connectivity index (χ0) is 19.4. The SMILES string of the molecule is Cc1ccc(C)c(OCCCn2c(CCCO)nc3cc(C)c(C)cc32)c1. The second-order valence-electron chi connectivity index (χ2n) is 7.40. The van der Waals surface area contributed by atoms with Crippen LogP contribution in [0.2, 0.25) is 0 Å². The molecule has 4 heteroatoms. The molecule has 0 atom stereocenters. The van der Waals surface area contributed by atoms with Crippen molar-refractivity contribution < 1.29 is 9.84 Å². The summed E-state index contributed by atoms with van der Waals surface area (Å²) in [5.41, 5.74) is 7.15. The van der Waals surface area contributed by atoms with Gasteiger partial charge in [0, 0.05) is 19.6 Å². The lowest BCUT2D eigenvalue weighted by Gasteiger charge is -2.12. The molecule has 2 aromatic carbocycles. The summed E-state index contributed by atoms with van der Waals surface area (Å²) in [6.07, 6.45) is 2.44. The van der Waals surface area contributed by atoms with Gasteiger partial charge < -0.3 is 14.4 Å². The number of nitrogens with zero attached hydrogens (tertiary/aromatic N) is 2. The minimum absolute atomic E-state index is 0.191. The normalized spacial score (nSPS) is 11.3. The topological polar surface area (TPSA) is 47.3 Å². The molecule has 27 heavy (non-hydrogen) atoms. The summed E-state index contributed by atoms with van der Waals surface area (Å²) >= 11 is 0. The molecule has 0 amide bonds. The fourth-order valence-electron chi connectivity index (χ4n) is 3.38. The molecule has 0 bridgehead atoms. The van der Waals surface area contributed by atoms with Crippen LogP contribution in [-0.4, -0.2) is 27.9 Å². The van der Waals surface area contributed by atoms with Crippen molar-refractivity contribution >= 4 is 11.0 Å². The molecule has 3 aromatic rings. The van der Waals surface area contributed by atoms with Gasteiger partial charge in [0.25, 0.3) is 0 Å². The molecule has 0 unspecified atom stereocenters. The molecule has 0 radical (unpaired) electrons. The molecular weight excluding hydrogens is 336 g/mol. The zero-order valence-electron chi connectivity index (χ0n) is 16.9. The number of ether oxygens (including phenoxy) is 1. The molecule has 1 aromatic heterocycles. The van der Waals surface area contributed by atoms with Gasteiger partial charge in [-0.3, -0.25) is 0 Å². The predicted octanol–water partition coefficient (Wildman–Crippen LogP) is 4.66. The number of imidazole rings is 1. The van der Waals surface area contributed by atoms with Crippen LogP contribution in [0.25, 0.3) is 11.0 Å². The fraction of sp³-hybridized carbons (Fsp3) is 0.435. The fourth-order valence-corrected chi connectivity index (χ4v) is 3.38. The van der Waals surface area contributed by atoms with E-state index >= 15 is 0 Å². The Morgan fingerprint density at radius 2 is 1.74 bits per heavy atom. The molecule has 0 fully saturated rings. The Balaban J connectivity index is 1.74. The quantitative estimate of drug-likeness (QED) is 0.590. The Hall–Kier alpha value is -2.33. The van der Waals surface area contributed by atoms with Crippen LogP contribution in [0.3, 0.4) is 0 Å². The highest BCUT2D eigenvalue weighted by atomic mass is 16.5. The lowest BCUT2D eigenvalue weighted by Crippen LogP contribution is -2.09. The monoisotopic (exact) mass is 366 g/mol. The van der Waals surface area contributed by atoms with Crippen LogP contribution in [0.4, 0.5) is 0 Å². The van der Waals surface area contributed by atoms with Crippen LogP contribution in [-0.2, 0) is 13.0 Å². The van der Waals surface area contributed by atoms with Gasteiger partial charge in [0.15, 0.2) is 0 Å². The Labute approximate surface area is 161 Å². The molecule has 0 spiro atoms. The lowest BCUT2D eigenvalue weighted by atomic mass is 10.1. The van der Waals surface area contributed by atoms with Crippen LogP contribution >= 0.6 is 0 Å². The number of aliphatic hydroxyl groups is 1. The van der Waals surface area contributed by atoms with Crippen molar-refractivity contribution in [3.63, 3.8) is 0 Å². The number of hydrogen-bond donors (Lipinski definition) is 1. The molecule has 0 saturated heterocycles. The van der Waals surface area contributed by atoms with Crippen LogP contribution in [0, 0.1) is 27.7 Å². The first kappa shape index (κ1) is 19.4. The summed E-state index contributed by atoms with van der Waals surface area (Å²) < 4.78 is 8.31. The highest BCUT2D eigenvalue weighted by Gasteiger charge is 2.12. The zero-order valence-corrected chi connectivity index (χ0v) is 16.9. The number of fused-ring (bicyclic) bond motifs is 1. The molecule has 0 aliphatic rings. The van der Waals surface area contributed by atoms with E-state index in [1.165, 1.54) is 27.8 Å². The van der Waals surface area contributed by atoms with Crippen molar-refractivity contribution in [3.05, 3.63) is 58.4 Å². The third-order valence-electron chi connectivity index (χ3n) is 5.13. The first-order valence-electron chi connectivity index (χ1n) is 9.77. The summed E-state index contributed by atoms with van der Waals surface area (Å²) in [4.78, 5) is 4.83. The van der Waals surface area contributed by atoms with Gasteiger partial charge in [-0.05, 0) is 81.0 Å². The molecule has 1 N–H and O–H groups in total. The van der Waals surface area contributed by atoms with E-state index in [1.807, 2.05) is 0 Å². The lowest BCUT2D eigenvalue weighted by molar-refractivity contribution is 0.285. The number of hydrogen-bond acceptors (Lipinski definition) is 3. The number of aromatic nitrogens is 2. The summed E-state index contributed by atoms with van der Waals surface area (Å²) in [5, 5.41) is 9.21. The van der Waals surface area contributed by atoms with Crippen molar-refractivity contribution in [2.45, 2.75) is 53.5 Å². The second kappa shape index (κ2) is 8.57. The van der Waals surface area contributed by atoms with E-state index < -0.39 is 0 Å². The molecule has 4 nitrogen and oxygen atoms in total. The molecule has 1 heterocycles. The average molecular weight is 367 g/mol. The molecular formula is C23H30N2O2. The van der Waals surface area contributed by atoms with E-state index in [1.54, 1.807) is 0 Å². The maximum absolute atomic E-state index is 9.21. The van der Waals surface area contributed by atoms with E-state index in [-0.39, 0.29) is 6.61 Å². The minimum atomic E-state index is 0.191. The van der Waals surface area contributed by atoms with Gasteiger partial charge in [-0.15, -0.1) is 0 Å². The summed E-state index contributed by atoms with van der Waals surface area (Å²) in [5.74, 6) is 2.02. The Morgan fingerprint density at radius 1 is 0.963 bits per heavy atom. The van der Waals surface area contributed by atoms with Crippen LogP contribution in [0.5, 0.6) is 5.75 Å². The molecule has 0 saturated carbocycles. The van der Waals surface area contributed by atoms with Crippen LogP contribution < -0.4 is 4.74 Å². The van der Waals surface area contributed by atoms with Gasteiger partial charge in [0.2, 0.25) is 0 Å². The van der Waals surface area contributed by atoms with Crippen molar-refractivity contribution in [2.75, 3.05) is 13.2 Å². The van der Waals surface area contributed by atoms with Gasteiger partial charge in [0.1, 0.15) is 11.6 Å². The highest BCUT2D eigenvalue weighted by Crippen LogP contribution is 2.23. The van der Waals surface area contributed by atoms with Gasteiger partial charge >= 0.3 is 0 Å². The van der Waals surface area contributed by atoms with Crippen molar-refractivity contribution in [1.29, 1.82) is 0 Å². The van der Waals surface area contributed by atoms with Gasteiger partial charge in [-0.2, -0.15) is 0 Å². The van der Waals surface area contributed by atoms with E-state index in [0.29, 0.717) is 6.61 Å². The van der Waals surface area contributed by atoms with E-state index in [4.69, 9.17) is 9.72 Å². The Bertz CT molecular complexity index is 928. The minimum Gasteiger partial charge on any atom is -0.493 e. The Kier molecular flexibility index (Phi) is 6.17. The van der Waals surface area contributed by atoms with Crippen molar-refractivity contribution in [3.8, 4) is 5.75 Å². The van der Waals surface area contributed by atoms with E-state index in [0.717, 1.165) is 42.9 Å². The van der Waals surface area contributed by atoms with Gasteiger partial charge in [0.05, 0.1) is 17.6 Å². The third kappa shape index (κ3) is 4.51. The standard InChI is InChI=1S/C23H30N2O2/c1-16-8-9-17(2)22(13-16)27-12-6-10-25-21-15-19(4)18(3)14-20(21)24-23(25)7-5-11-26/h8-9,13-15,26H,5-7,10-12H2,1-4H3.